The molecule has 1 heterocycles. The van der Waals surface area contributed by atoms with E-state index in [2.05, 4.69) is 15.0 Å². The number of rotatable bonds is 7. The second-order valence-electron chi connectivity index (χ2n) is 8.22. The molecule has 0 saturated carbocycles. The number of anilines is 1. The van der Waals surface area contributed by atoms with Crippen molar-refractivity contribution in [3.63, 3.8) is 0 Å². The number of sulfonamides is 1. The summed E-state index contributed by atoms with van der Waals surface area (Å²) in [6, 6.07) is 17.4. The molecule has 0 radical (unpaired) electrons. The Morgan fingerprint density at radius 1 is 1.03 bits per heavy atom. The van der Waals surface area contributed by atoms with Gasteiger partial charge in [0.1, 0.15) is 10.7 Å². The highest BCUT2D eigenvalue weighted by Crippen LogP contribution is 2.27. The van der Waals surface area contributed by atoms with Crippen LogP contribution in [0.2, 0.25) is 5.02 Å². The van der Waals surface area contributed by atoms with E-state index in [9.17, 15) is 13.2 Å². The average Bonchev–Trinajstić information content (AvgIpc) is 3.25. The van der Waals surface area contributed by atoms with E-state index in [0.29, 0.717) is 5.69 Å². The van der Waals surface area contributed by atoms with E-state index in [0.717, 1.165) is 28.2 Å². The second kappa shape index (κ2) is 9.93. The first kappa shape index (κ1) is 24.5. The number of imidazole rings is 1. The molecule has 0 bridgehead atoms. The minimum atomic E-state index is -4.02. The Balaban J connectivity index is 1.56. The summed E-state index contributed by atoms with van der Waals surface area (Å²) in [5.41, 5.74) is 4.13. The van der Waals surface area contributed by atoms with Crippen LogP contribution in [0.15, 0.2) is 78.0 Å². The summed E-state index contributed by atoms with van der Waals surface area (Å²) < 4.78 is 30.7. The van der Waals surface area contributed by atoms with Crippen LogP contribution in [0.5, 0.6) is 0 Å². The largest absolute Gasteiger partial charge is 0.348 e. The minimum Gasteiger partial charge on any atom is -0.348 e. The van der Waals surface area contributed by atoms with Crippen LogP contribution < -0.4 is 10.0 Å². The molecule has 0 fully saturated rings. The van der Waals surface area contributed by atoms with E-state index in [1.807, 2.05) is 67.9 Å². The third-order valence-corrected chi connectivity index (χ3v) is 7.48. The van der Waals surface area contributed by atoms with Crippen molar-refractivity contribution in [1.29, 1.82) is 0 Å². The predicted octanol–water partition coefficient (Wildman–Crippen LogP) is 5.18. The number of para-hydroxylation sites is 1. The van der Waals surface area contributed by atoms with Crippen LogP contribution in [0.25, 0.3) is 5.69 Å². The molecule has 7 nitrogen and oxygen atoms in total. The van der Waals surface area contributed by atoms with Crippen LogP contribution in [0.4, 0.5) is 5.69 Å². The van der Waals surface area contributed by atoms with Crippen molar-refractivity contribution < 1.29 is 13.2 Å². The van der Waals surface area contributed by atoms with Gasteiger partial charge in [0.2, 0.25) is 0 Å². The molecule has 35 heavy (non-hydrogen) atoms. The van der Waals surface area contributed by atoms with E-state index < -0.39 is 15.9 Å². The third-order valence-electron chi connectivity index (χ3n) is 5.64. The van der Waals surface area contributed by atoms with Gasteiger partial charge in [0.25, 0.3) is 15.9 Å². The highest BCUT2D eigenvalue weighted by atomic mass is 35.5. The summed E-state index contributed by atoms with van der Waals surface area (Å²) >= 11 is 6.23. The van der Waals surface area contributed by atoms with Crippen molar-refractivity contribution in [2.45, 2.75) is 32.2 Å². The monoisotopic (exact) mass is 508 g/mol. The second-order valence-corrected chi connectivity index (χ2v) is 10.3. The van der Waals surface area contributed by atoms with Gasteiger partial charge in [0.05, 0.1) is 16.4 Å². The van der Waals surface area contributed by atoms with Gasteiger partial charge in [0.15, 0.2) is 0 Å². The van der Waals surface area contributed by atoms with Crippen LogP contribution in [0.3, 0.4) is 0 Å². The molecule has 1 aromatic heterocycles. The first-order chi connectivity index (χ1) is 16.7. The molecule has 0 aliphatic rings. The van der Waals surface area contributed by atoms with Crippen molar-refractivity contribution in [2.75, 3.05) is 4.72 Å². The Bertz CT molecular complexity index is 1510. The number of nitrogens with zero attached hydrogens (tertiary/aromatic N) is 2. The minimum absolute atomic E-state index is 0.0280. The topological polar surface area (TPSA) is 93.1 Å². The lowest BCUT2D eigenvalue weighted by molar-refractivity contribution is 0.0950. The Labute approximate surface area is 209 Å². The number of nitrogens with one attached hydrogen (secondary N) is 2. The van der Waals surface area contributed by atoms with Crippen LogP contribution >= 0.6 is 11.6 Å². The van der Waals surface area contributed by atoms with Crippen molar-refractivity contribution in [2.24, 2.45) is 0 Å². The molecule has 9 heteroatoms. The van der Waals surface area contributed by atoms with Crippen molar-refractivity contribution >= 4 is 33.2 Å². The SMILES string of the molecule is Cc1ccc(C)c(NS(=O)(=O)c2cc(C(=O)NCc3ccccc3-n3ccnc3C)ccc2Cl)c1. The summed E-state index contributed by atoms with van der Waals surface area (Å²) in [5, 5.41) is 2.90. The molecule has 0 atom stereocenters. The lowest BCUT2D eigenvalue weighted by Crippen LogP contribution is -2.24. The Morgan fingerprint density at radius 3 is 2.54 bits per heavy atom. The zero-order valence-electron chi connectivity index (χ0n) is 19.5. The van der Waals surface area contributed by atoms with Crippen molar-refractivity contribution in [3.8, 4) is 5.69 Å². The smallest absolute Gasteiger partial charge is 0.263 e. The molecule has 180 valence electrons. The van der Waals surface area contributed by atoms with Crippen LogP contribution in [-0.2, 0) is 16.6 Å². The Kier molecular flexibility index (Phi) is 6.95. The zero-order chi connectivity index (χ0) is 25.2. The van der Waals surface area contributed by atoms with E-state index in [-0.39, 0.29) is 22.0 Å². The maximum Gasteiger partial charge on any atom is 0.263 e. The van der Waals surface area contributed by atoms with E-state index in [1.165, 1.54) is 18.2 Å². The highest BCUT2D eigenvalue weighted by Gasteiger charge is 2.21. The molecule has 0 spiro atoms. The maximum atomic E-state index is 13.1. The fourth-order valence-electron chi connectivity index (χ4n) is 3.70. The molecule has 0 unspecified atom stereocenters. The standard InChI is InChI=1S/C26H25ClN4O3S/c1-17-8-9-18(2)23(14-17)30-35(33,34)25-15-20(10-11-22(25)27)26(32)29-16-21-6-4-5-7-24(21)31-13-12-28-19(31)3/h4-15,30H,16H2,1-3H3,(H,29,32). The fourth-order valence-corrected chi connectivity index (χ4v) is 5.35. The lowest BCUT2D eigenvalue weighted by Gasteiger charge is -2.14. The maximum absolute atomic E-state index is 13.1. The molecular weight excluding hydrogens is 484 g/mol. The van der Waals surface area contributed by atoms with Crippen molar-refractivity contribution in [1.82, 2.24) is 14.9 Å². The number of carbonyl (C=O) groups is 1. The number of aromatic nitrogens is 2. The number of benzene rings is 3. The third kappa shape index (κ3) is 5.39. The molecule has 0 aliphatic carbocycles. The van der Waals surface area contributed by atoms with Gasteiger partial charge >= 0.3 is 0 Å². The van der Waals surface area contributed by atoms with Gasteiger partial charge < -0.3 is 9.88 Å². The summed E-state index contributed by atoms with van der Waals surface area (Å²) in [7, 11) is -4.02. The van der Waals surface area contributed by atoms with Gasteiger partial charge in [-0.15, -0.1) is 0 Å². The summed E-state index contributed by atoms with van der Waals surface area (Å²) in [6.07, 6.45) is 3.57. The van der Waals surface area contributed by atoms with E-state index in [4.69, 9.17) is 11.6 Å². The normalized spacial score (nSPS) is 11.3. The molecule has 0 saturated heterocycles. The van der Waals surface area contributed by atoms with E-state index >= 15 is 0 Å². The average molecular weight is 509 g/mol. The van der Waals surface area contributed by atoms with E-state index in [1.54, 1.807) is 12.3 Å². The van der Waals surface area contributed by atoms with Crippen molar-refractivity contribution in [3.05, 3.63) is 106 Å². The summed E-state index contributed by atoms with van der Waals surface area (Å²) in [4.78, 5) is 17.0. The number of carbonyl (C=O) groups excluding carboxylic acids is 1. The number of hydrogen-bond donors (Lipinski definition) is 2. The Hall–Kier alpha value is -3.62. The van der Waals surface area contributed by atoms with Crippen LogP contribution in [0, 0.1) is 20.8 Å². The summed E-state index contributed by atoms with van der Waals surface area (Å²) in [5.74, 6) is 0.412. The molecular formula is C26H25ClN4O3S. The van der Waals surface area contributed by atoms with Gasteiger partial charge in [-0.1, -0.05) is 41.9 Å². The predicted molar refractivity (Wildman–Crippen MR) is 138 cm³/mol. The van der Waals surface area contributed by atoms with Gasteiger partial charge in [0, 0.05) is 24.5 Å². The van der Waals surface area contributed by atoms with Gasteiger partial charge in [-0.2, -0.15) is 0 Å². The first-order valence-corrected chi connectivity index (χ1v) is 12.8. The van der Waals surface area contributed by atoms with Crippen LogP contribution in [0.1, 0.15) is 32.9 Å². The van der Waals surface area contributed by atoms with Gasteiger partial charge in [-0.25, -0.2) is 13.4 Å². The van der Waals surface area contributed by atoms with Gasteiger partial charge in [-0.05, 0) is 67.8 Å². The molecule has 4 rings (SSSR count). The summed E-state index contributed by atoms with van der Waals surface area (Å²) in [6.45, 7) is 5.84. The molecule has 2 N–H and O–H groups in total. The van der Waals surface area contributed by atoms with Gasteiger partial charge in [-0.3, -0.25) is 9.52 Å². The fraction of sp³-hybridized carbons (Fsp3) is 0.154. The quantitative estimate of drug-likeness (QED) is 0.359. The number of amides is 1. The molecule has 1 amide bonds. The Morgan fingerprint density at radius 2 is 1.80 bits per heavy atom. The molecule has 4 aromatic rings. The molecule has 0 aliphatic heterocycles. The highest BCUT2D eigenvalue weighted by molar-refractivity contribution is 7.92. The first-order valence-electron chi connectivity index (χ1n) is 10.9. The number of aryl methyl sites for hydroxylation is 3. The zero-order valence-corrected chi connectivity index (χ0v) is 21.1. The van der Waals surface area contributed by atoms with Crippen LogP contribution in [-0.4, -0.2) is 23.9 Å². The number of halogens is 1. The molecule has 3 aromatic carbocycles. The number of hydrogen-bond acceptors (Lipinski definition) is 4. The lowest BCUT2D eigenvalue weighted by atomic mass is 10.1.